The van der Waals surface area contributed by atoms with Crippen molar-refractivity contribution in [1.82, 2.24) is 0 Å². The van der Waals surface area contributed by atoms with E-state index in [1.165, 1.54) is 13.2 Å². The van der Waals surface area contributed by atoms with Crippen molar-refractivity contribution in [3.8, 4) is 5.75 Å². The highest BCUT2D eigenvalue weighted by Crippen LogP contribution is 2.23. The molecule has 0 aliphatic carbocycles. The molecule has 0 aromatic heterocycles. The van der Waals surface area contributed by atoms with Gasteiger partial charge in [0.1, 0.15) is 12.0 Å². The summed E-state index contributed by atoms with van der Waals surface area (Å²) in [5.41, 5.74) is 0.401. The first-order chi connectivity index (χ1) is 7.19. The van der Waals surface area contributed by atoms with Crippen LogP contribution in [0.2, 0.25) is 0 Å². The normalized spacial score (nSPS) is 10.6. The van der Waals surface area contributed by atoms with Gasteiger partial charge in [0, 0.05) is 18.1 Å². The second-order valence-corrected chi connectivity index (χ2v) is 2.81. The van der Waals surface area contributed by atoms with Gasteiger partial charge in [-0.2, -0.15) is 0 Å². The van der Waals surface area contributed by atoms with Crippen LogP contribution in [0.1, 0.15) is 12.0 Å². The zero-order valence-corrected chi connectivity index (χ0v) is 8.17. The topological polar surface area (TPSA) is 26.3 Å². The van der Waals surface area contributed by atoms with Crippen LogP contribution in [0.4, 0.5) is 8.78 Å². The van der Waals surface area contributed by atoms with Gasteiger partial charge < -0.3 is 9.53 Å². The summed E-state index contributed by atoms with van der Waals surface area (Å²) < 4.78 is 30.5. The fourth-order valence-corrected chi connectivity index (χ4v) is 1.10. The number of carbonyl (C=O) groups is 1. The molecule has 1 rings (SSSR count). The maximum atomic E-state index is 12.9. The fraction of sp³-hybridized carbons (Fsp3) is 0.182. The quantitative estimate of drug-likeness (QED) is 0.717. The monoisotopic (exact) mass is 212 g/mol. The van der Waals surface area contributed by atoms with Crippen LogP contribution in [0, 0.1) is 11.6 Å². The molecule has 0 saturated carbocycles. The molecule has 0 atom stereocenters. The Balaban J connectivity index is 3.04. The lowest BCUT2D eigenvalue weighted by Gasteiger charge is -2.05. The molecule has 0 heterocycles. The summed E-state index contributed by atoms with van der Waals surface area (Å²) >= 11 is 0. The Hall–Kier alpha value is -1.71. The Morgan fingerprint density at radius 2 is 2.00 bits per heavy atom. The van der Waals surface area contributed by atoms with Gasteiger partial charge in [-0.1, -0.05) is 12.2 Å². The predicted molar refractivity (Wildman–Crippen MR) is 52.6 cm³/mol. The lowest BCUT2D eigenvalue weighted by Crippen LogP contribution is -1.92. The van der Waals surface area contributed by atoms with Gasteiger partial charge in [0.15, 0.2) is 11.6 Å². The Morgan fingerprint density at radius 3 is 2.60 bits per heavy atom. The van der Waals surface area contributed by atoms with E-state index in [4.69, 9.17) is 4.74 Å². The number of benzene rings is 1. The molecule has 0 N–H and O–H groups in total. The zero-order valence-electron chi connectivity index (χ0n) is 8.17. The molecule has 0 amide bonds. The van der Waals surface area contributed by atoms with E-state index in [-0.39, 0.29) is 12.2 Å². The smallest absolute Gasteiger partial charge is 0.162 e. The lowest BCUT2D eigenvalue weighted by atomic mass is 10.1. The van der Waals surface area contributed by atoms with E-state index in [1.807, 2.05) is 0 Å². The molecule has 0 aliphatic heterocycles. The standard InChI is InChI=1S/C11H10F2O2/c1-15-11-7-10(13)9(12)6-8(11)4-2-3-5-14/h2,4-7H,3H2,1H3. The first-order valence-electron chi connectivity index (χ1n) is 4.32. The molecule has 80 valence electrons. The Kier molecular flexibility index (Phi) is 3.97. The lowest BCUT2D eigenvalue weighted by molar-refractivity contribution is -0.107. The molecule has 2 nitrogen and oxygen atoms in total. The highest BCUT2D eigenvalue weighted by atomic mass is 19.2. The summed E-state index contributed by atoms with van der Waals surface area (Å²) in [7, 11) is 1.36. The van der Waals surface area contributed by atoms with Crippen LogP contribution in [0.5, 0.6) is 5.75 Å². The van der Waals surface area contributed by atoms with Crippen molar-refractivity contribution in [2.75, 3.05) is 7.11 Å². The molecule has 0 unspecified atom stereocenters. The van der Waals surface area contributed by atoms with E-state index in [1.54, 1.807) is 6.08 Å². The third-order valence-corrected chi connectivity index (χ3v) is 1.80. The van der Waals surface area contributed by atoms with Crippen molar-refractivity contribution in [2.45, 2.75) is 6.42 Å². The molecule has 0 bridgehead atoms. The van der Waals surface area contributed by atoms with Crippen LogP contribution in [0.25, 0.3) is 6.08 Å². The molecule has 1 aromatic rings. The summed E-state index contributed by atoms with van der Waals surface area (Å²) in [5, 5.41) is 0. The summed E-state index contributed by atoms with van der Waals surface area (Å²) in [6.45, 7) is 0. The van der Waals surface area contributed by atoms with E-state index < -0.39 is 11.6 Å². The predicted octanol–water partition coefficient (Wildman–Crippen LogP) is 2.58. The van der Waals surface area contributed by atoms with Gasteiger partial charge >= 0.3 is 0 Å². The number of allylic oxidation sites excluding steroid dienone is 1. The van der Waals surface area contributed by atoms with Crippen molar-refractivity contribution in [2.24, 2.45) is 0 Å². The number of ether oxygens (including phenoxy) is 1. The minimum Gasteiger partial charge on any atom is -0.496 e. The number of hydrogen-bond acceptors (Lipinski definition) is 2. The largest absolute Gasteiger partial charge is 0.496 e. The highest BCUT2D eigenvalue weighted by molar-refractivity contribution is 5.61. The summed E-state index contributed by atoms with van der Waals surface area (Å²) in [4.78, 5) is 10.1. The van der Waals surface area contributed by atoms with Crippen LogP contribution in [-0.4, -0.2) is 13.4 Å². The third kappa shape index (κ3) is 2.87. The molecule has 0 spiro atoms. The fourth-order valence-electron chi connectivity index (χ4n) is 1.10. The first kappa shape index (κ1) is 11.4. The van der Waals surface area contributed by atoms with E-state index >= 15 is 0 Å². The average molecular weight is 212 g/mol. The molecule has 4 heteroatoms. The highest BCUT2D eigenvalue weighted by Gasteiger charge is 2.07. The number of aldehydes is 1. The van der Waals surface area contributed by atoms with Gasteiger partial charge in [0.2, 0.25) is 0 Å². The second-order valence-electron chi connectivity index (χ2n) is 2.81. The van der Waals surface area contributed by atoms with Gasteiger partial charge in [-0.25, -0.2) is 8.78 Å². The molecule has 0 saturated heterocycles. The number of rotatable bonds is 4. The Labute approximate surface area is 86.2 Å². The van der Waals surface area contributed by atoms with Crippen LogP contribution >= 0.6 is 0 Å². The van der Waals surface area contributed by atoms with Crippen molar-refractivity contribution < 1.29 is 18.3 Å². The maximum absolute atomic E-state index is 12.9. The second kappa shape index (κ2) is 5.24. The van der Waals surface area contributed by atoms with E-state index in [9.17, 15) is 13.6 Å². The molecule has 0 fully saturated rings. The summed E-state index contributed by atoms with van der Waals surface area (Å²) in [6, 6.07) is 1.99. The van der Waals surface area contributed by atoms with Gasteiger partial charge in [0.05, 0.1) is 7.11 Å². The van der Waals surface area contributed by atoms with Crippen LogP contribution in [-0.2, 0) is 4.79 Å². The van der Waals surface area contributed by atoms with Crippen LogP contribution in [0.15, 0.2) is 18.2 Å². The van der Waals surface area contributed by atoms with E-state index in [0.717, 1.165) is 12.1 Å². The van der Waals surface area contributed by atoms with Crippen molar-refractivity contribution in [1.29, 1.82) is 0 Å². The van der Waals surface area contributed by atoms with Gasteiger partial charge in [0.25, 0.3) is 0 Å². The number of methoxy groups -OCH3 is 1. The van der Waals surface area contributed by atoms with Crippen LogP contribution < -0.4 is 4.74 Å². The molecule has 1 aromatic carbocycles. The van der Waals surface area contributed by atoms with Crippen molar-refractivity contribution >= 4 is 12.4 Å². The van der Waals surface area contributed by atoms with Crippen molar-refractivity contribution in [3.05, 3.63) is 35.4 Å². The maximum Gasteiger partial charge on any atom is 0.162 e. The van der Waals surface area contributed by atoms with Gasteiger partial charge in [-0.3, -0.25) is 0 Å². The summed E-state index contributed by atoms with van der Waals surface area (Å²) in [5.74, 6) is -1.67. The molecule has 0 radical (unpaired) electrons. The number of hydrogen-bond donors (Lipinski definition) is 0. The zero-order chi connectivity index (χ0) is 11.3. The van der Waals surface area contributed by atoms with E-state index in [0.29, 0.717) is 11.8 Å². The van der Waals surface area contributed by atoms with Gasteiger partial charge in [-0.15, -0.1) is 0 Å². The summed E-state index contributed by atoms with van der Waals surface area (Å²) in [6.07, 6.45) is 3.99. The van der Waals surface area contributed by atoms with Crippen molar-refractivity contribution in [3.63, 3.8) is 0 Å². The SMILES string of the molecule is COc1cc(F)c(F)cc1C=CCC=O. The Morgan fingerprint density at radius 1 is 1.33 bits per heavy atom. The van der Waals surface area contributed by atoms with Gasteiger partial charge in [-0.05, 0) is 6.07 Å². The average Bonchev–Trinajstić information content (AvgIpc) is 2.23. The Bertz CT molecular complexity index is 386. The minimum atomic E-state index is -0.959. The minimum absolute atomic E-state index is 0.224. The third-order valence-electron chi connectivity index (χ3n) is 1.80. The first-order valence-corrected chi connectivity index (χ1v) is 4.32. The molecule has 15 heavy (non-hydrogen) atoms. The van der Waals surface area contributed by atoms with Crippen LogP contribution in [0.3, 0.4) is 0 Å². The number of carbonyl (C=O) groups excluding carboxylic acids is 1. The molecule has 0 aliphatic rings. The van der Waals surface area contributed by atoms with E-state index in [2.05, 4.69) is 0 Å². The molecular weight excluding hydrogens is 202 g/mol. The number of halogens is 2. The molecular formula is C11H10F2O2.